The first-order valence-corrected chi connectivity index (χ1v) is 12.7. The third-order valence-electron chi connectivity index (χ3n) is 7.11. The molecule has 188 valence electrons. The van der Waals surface area contributed by atoms with Crippen molar-refractivity contribution in [2.75, 3.05) is 5.32 Å². The monoisotopic (exact) mass is 521 g/mol. The molecule has 7 heteroatoms. The van der Waals surface area contributed by atoms with E-state index in [-0.39, 0.29) is 0 Å². The van der Waals surface area contributed by atoms with Crippen LogP contribution in [0.5, 0.6) is 0 Å². The van der Waals surface area contributed by atoms with Crippen LogP contribution in [0.4, 0.5) is 11.4 Å². The molecule has 5 aromatic rings. The van der Waals surface area contributed by atoms with Gasteiger partial charge in [0.15, 0.2) is 5.76 Å². The lowest BCUT2D eigenvalue weighted by Crippen LogP contribution is -2.19. The third kappa shape index (κ3) is 4.44. The Hall–Kier alpha value is -4.42. The standard InChI is InChI=1S/C31H24ClN3O3/c1-19-28(34-27-16-24(17-33-18-27)23-3-2-4-26(32)15-23)29(38-35-19)22-7-5-20(6-8-22)21-9-11-25(12-10-21)31(13-14-31)30(36)37/h2-12,15-18,34H,13-14H2,1H3,(H,36,37). The average molecular weight is 522 g/mol. The number of hydrogen-bond donors (Lipinski definition) is 2. The van der Waals surface area contributed by atoms with Gasteiger partial charge in [0.1, 0.15) is 11.4 Å². The second kappa shape index (κ2) is 9.47. The van der Waals surface area contributed by atoms with Gasteiger partial charge < -0.3 is 14.9 Å². The van der Waals surface area contributed by atoms with Gasteiger partial charge in [-0.2, -0.15) is 0 Å². The van der Waals surface area contributed by atoms with Gasteiger partial charge in [0.25, 0.3) is 0 Å². The number of aryl methyl sites for hydroxylation is 1. The lowest BCUT2D eigenvalue weighted by atomic mass is 9.93. The molecule has 6 nitrogen and oxygen atoms in total. The zero-order valence-electron chi connectivity index (χ0n) is 20.6. The van der Waals surface area contributed by atoms with E-state index in [9.17, 15) is 9.90 Å². The number of anilines is 2. The summed E-state index contributed by atoms with van der Waals surface area (Å²) in [5, 5.41) is 17.8. The lowest BCUT2D eigenvalue weighted by molar-refractivity contribution is -0.140. The van der Waals surface area contributed by atoms with Crippen LogP contribution < -0.4 is 5.32 Å². The number of nitrogens with zero attached hydrogens (tertiary/aromatic N) is 2. The Kier molecular flexibility index (Phi) is 5.97. The predicted molar refractivity (Wildman–Crippen MR) is 149 cm³/mol. The SMILES string of the molecule is Cc1noc(-c2ccc(-c3ccc(C4(C(=O)O)CC4)cc3)cc2)c1Nc1cncc(-c2cccc(Cl)c2)c1. The molecule has 1 aliphatic carbocycles. The van der Waals surface area contributed by atoms with Gasteiger partial charge in [0.05, 0.1) is 17.3 Å². The smallest absolute Gasteiger partial charge is 0.314 e. The number of benzene rings is 3. The highest BCUT2D eigenvalue weighted by atomic mass is 35.5. The number of carboxylic acid groups (broad SMARTS) is 1. The summed E-state index contributed by atoms with van der Waals surface area (Å²) in [4.78, 5) is 16.0. The Morgan fingerprint density at radius 2 is 1.58 bits per heavy atom. The molecule has 2 N–H and O–H groups in total. The highest BCUT2D eigenvalue weighted by molar-refractivity contribution is 6.30. The minimum atomic E-state index is -0.742. The highest BCUT2D eigenvalue weighted by Gasteiger charge is 2.51. The van der Waals surface area contributed by atoms with Crippen molar-refractivity contribution in [2.45, 2.75) is 25.2 Å². The maximum Gasteiger partial charge on any atom is 0.314 e. The molecule has 2 aromatic heterocycles. The van der Waals surface area contributed by atoms with Crippen molar-refractivity contribution in [1.29, 1.82) is 0 Å². The van der Waals surface area contributed by atoms with Crippen molar-refractivity contribution in [3.8, 4) is 33.6 Å². The highest BCUT2D eigenvalue weighted by Crippen LogP contribution is 2.48. The minimum Gasteiger partial charge on any atom is -0.481 e. The molecule has 0 unspecified atom stereocenters. The van der Waals surface area contributed by atoms with Crippen LogP contribution in [0.1, 0.15) is 24.1 Å². The van der Waals surface area contributed by atoms with Gasteiger partial charge in [-0.05, 0) is 60.2 Å². The molecule has 0 atom stereocenters. The lowest BCUT2D eigenvalue weighted by Gasteiger charge is -2.11. The summed E-state index contributed by atoms with van der Waals surface area (Å²) < 4.78 is 5.71. The number of nitrogens with one attached hydrogen (secondary N) is 1. The second-order valence-corrected chi connectivity index (χ2v) is 10.0. The fourth-order valence-electron chi connectivity index (χ4n) is 4.74. The van der Waals surface area contributed by atoms with E-state index < -0.39 is 11.4 Å². The Bertz CT molecular complexity index is 1640. The fraction of sp³-hybridized carbons (Fsp3) is 0.129. The molecule has 0 amide bonds. The summed E-state index contributed by atoms with van der Waals surface area (Å²) in [7, 11) is 0. The normalized spacial score (nSPS) is 13.7. The van der Waals surface area contributed by atoms with Crippen molar-refractivity contribution in [3.05, 3.63) is 108 Å². The summed E-state index contributed by atoms with van der Waals surface area (Å²) in [6.45, 7) is 1.89. The van der Waals surface area contributed by atoms with Gasteiger partial charge >= 0.3 is 5.97 Å². The summed E-state index contributed by atoms with van der Waals surface area (Å²) in [5.41, 5.74) is 7.36. The summed E-state index contributed by atoms with van der Waals surface area (Å²) in [6.07, 6.45) is 4.96. The number of carbonyl (C=O) groups is 1. The van der Waals surface area contributed by atoms with Crippen molar-refractivity contribution in [1.82, 2.24) is 10.1 Å². The van der Waals surface area contributed by atoms with Crippen LogP contribution in [0.15, 0.2) is 95.8 Å². The van der Waals surface area contributed by atoms with E-state index in [4.69, 9.17) is 16.1 Å². The van der Waals surface area contributed by atoms with Gasteiger partial charge in [-0.1, -0.05) is 77.4 Å². The number of aromatic nitrogens is 2. The molecule has 0 spiro atoms. The first-order chi connectivity index (χ1) is 18.4. The van der Waals surface area contributed by atoms with Crippen LogP contribution in [-0.2, 0) is 10.2 Å². The van der Waals surface area contributed by atoms with Crippen LogP contribution in [0.2, 0.25) is 5.02 Å². The molecule has 2 heterocycles. The van der Waals surface area contributed by atoms with Crippen molar-refractivity contribution >= 4 is 28.9 Å². The van der Waals surface area contributed by atoms with E-state index in [0.29, 0.717) is 23.6 Å². The van der Waals surface area contributed by atoms with E-state index in [1.165, 1.54) is 0 Å². The molecule has 38 heavy (non-hydrogen) atoms. The molecule has 0 aliphatic heterocycles. The third-order valence-corrected chi connectivity index (χ3v) is 7.34. The fourth-order valence-corrected chi connectivity index (χ4v) is 4.93. The molecule has 0 bridgehead atoms. The van der Waals surface area contributed by atoms with Gasteiger partial charge in [-0.25, -0.2) is 0 Å². The predicted octanol–water partition coefficient (Wildman–Crippen LogP) is 7.89. The van der Waals surface area contributed by atoms with Gasteiger partial charge in [0, 0.05) is 22.3 Å². The van der Waals surface area contributed by atoms with E-state index >= 15 is 0 Å². The molecule has 0 saturated heterocycles. The van der Waals surface area contributed by atoms with Gasteiger partial charge in [-0.3, -0.25) is 9.78 Å². The quantitative estimate of drug-likeness (QED) is 0.226. The number of hydrogen-bond acceptors (Lipinski definition) is 5. The number of rotatable bonds is 7. The van der Waals surface area contributed by atoms with Gasteiger partial charge in [-0.15, -0.1) is 0 Å². The Morgan fingerprint density at radius 1 is 0.895 bits per heavy atom. The first kappa shape index (κ1) is 23.9. The Labute approximate surface area is 224 Å². The van der Waals surface area contributed by atoms with Crippen molar-refractivity contribution in [2.24, 2.45) is 0 Å². The molecule has 1 fully saturated rings. The van der Waals surface area contributed by atoms with Crippen LogP contribution in [0.3, 0.4) is 0 Å². The van der Waals surface area contributed by atoms with Crippen molar-refractivity contribution < 1.29 is 14.4 Å². The molecule has 1 saturated carbocycles. The van der Waals surface area contributed by atoms with Crippen LogP contribution >= 0.6 is 11.6 Å². The van der Waals surface area contributed by atoms with E-state index in [1.807, 2.05) is 85.8 Å². The average Bonchev–Trinajstić information content (AvgIpc) is 3.68. The summed E-state index contributed by atoms with van der Waals surface area (Å²) in [5.74, 6) is -0.108. The van der Waals surface area contributed by atoms with Crippen LogP contribution in [0.25, 0.3) is 33.6 Å². The first-order valence-electron chi connectivity index (χ1n) is 12.3. The minimum absolute atomic E-state index is 0.634. The van der Waals surface area contributed by atoms with Crippen LogP contribution in [0, 0.1) is 6.92 Å². The maximum atomic E-state index is 11.6. The Balaban J connectivity index is 1.24. The summed E-state index contributed by atoms with van der Waals surface area (Å²) >= 11 is 6.17. The van der Waals surface area contributed by atoms with E-state index in [0.717, 1.165) is 50.4 Å². The zero-order chi connectivity index (χ0) is 26.3. The number of aliphatic carboxylic acids is 1. The molecule has 0 radical (unpaired) electrons. The largest absolute Gasteiger partial charge is 0.481 e. The molecule has 6 rings (SSSR count). The second-order valence-electron chi connectivity index (χ2n) is 9.61. The van der Waals surface area contributed by atoms with Crippen molar-refractivity contribution in [3.63, 3.8) is 0 Å². The number of pyridine rings is 1. The maximum absolute atomic E-state index is 11.6. The van der Waals surface area contributed by atoms with Crippen LogP contribution in [-0.4, -0.2) is 21.2 Å². The van der Waals surface area contributed by atoms with E-state index in [1.54, 1.807) is 12.4 Å². The number of carboxylic acids is 1. The molecule has 1 aliphatic rings. The molecule has 3 aromatic carbocycles. The molecular weight excluding hydrogens is 498 g/mol. The van der Waals surface area contributed by atoms with Gasteiger partial charge in [0.2, 0.25) is 0 Å². The molecular formula is C31H24ClN3O3. The summed E-state index contributed by atoms with van der Waals surface area (Å²) in [6, 6.07) is 25.5. The Morgan fingerprint density at radius 3 is 2.24 bits per heavy atom. The zero-order valence-corrected chi connectivity index (χ0v) is 21.4. The van der Waals surface area contributed by atoms with E-state index in [2.05, 4.69) is 15.5 Å². The number of halogens is 1. The topological polar surface area (TPSA) is 88.2 Å².